The fraction of sp³-hybridized carbons (Fsp3) is 0.273. The van der Waals surface area contributed by atoms with E-state index in [1.54, 1.807) is 0 Å². The fourth-order valence-corrected chi connectivity index (χ4v) is 4.69. The Morgan fingerprint density at radius 2 is 0.658 bits per heavy atom. The van der Waals surface area contributed by atoms with Gasteiger partial charge < -0.3 is 9.13 Å². The number of rotatable bonds is 2. The van der Waals surface area contributed by atoms with E-state index < -0.39 is 0 Å². The molecule has 206 valence electrons. The third kappa shape index (κ3) is 7.87. The number of fused-ring (bicyclic) bond motifs is 6. The molecule has 0 saturated heterocycles. The first-order valence-corrected chi connectivity index (χ1v) is 25.0. The standard InChI is InChI=1S/2C14H13N.C3H8.2CH4.I3/c2*1-2-15-13-9-5-3-7-11(13)12-8-4-6-10-14(12)15;1-3-2;;;1-3-2/h2*3-10H,2H2,1H3;3H2,1-2H3;2*1H4;/q;;;;;-1. The van der Waals surface area contributed by atoms with Crippen molar-refractivity contribution in [3.8, 4) is 0 Å². The van der Waals surface area contributed by atoms with Gasteiger partial charge in [-0.3, -0.25) is 0 Å². The van der Waals surface area contributed by atoms with Crippen molar-refractivity contribution in [2.75, 3.05) is 0 Å². The molecule has 6 rings (SSSR count). The minimum atomic E-state index is 0. The average Bonchev–Trinajstić information content (AvgIpc) is 3.42. The number of aromatic nitrogens is 2. The van der Waals surface area contributed by atoms with Crippen molar-refractivity contribution in [1.29, 1.82) is 0 Å². The van der Waals surface area contributed by atoms with Crippen molar-refractivity contribution in [3.05, 3.63) is 97.1 Å². The summed E-state index contributed by atoms with van der Waals surface area (Å²) >= 11 is 5.30. The van der Waals surface area contributed by atoms with Crippen LogP contribution in [0.15, 0.2) is 97.1 Å². The summed E-state index contributed by atoms with van der Waals surface area (Å²) in [6.45, 7) is 10.7. The van der Waals surface area contributed by atoms with Crippen LogP contribution in [0.2, 0.25) is 0 Å². The maximum atomic E-state index is 2.39. The molecule has 0 radical (unpaired) electrons. The van der Waals surface area contributed by atoms with E-state index in [9.17, 15) is 0 Å². The Morgan fingerprint density at radius 1 is 0.474 bits per heavy atom. The Kier molecular flexibility index (Phi) is 16.5. The molecular weight excluding hydrogens is 805 g/mol. The van der Waals surface area contributed by atoms with E-state index in [2.05, 4.69) is 171 Å². The molecule has 4 aromatic carbocycles. The zero-order valence-corrected chi connectivity index (χ0v) is 27.9. The Bertz CT molecular complexity index is 1290. The van der Waals surface area contributed by atoms with Gasteiger partial charge in [0.15, 0.2) is 0 Å². The molecule has 0 aliphatic carbocycles. The van der Waals surface area contributed by atoms with Gasteiger partial charge in [0, 0.05) is 56.7 Å². The summed E-state index contributed by atoms with van der Waals surface area (Å²) < 4.78 is 4.73. The summed E-state index contributed by atoms with van der Waals surface area (Å²) in [6, 6.07) is 34.4. The molecule has 0 amide bonds. The van der Waals surface area contributed by atoms with Crippen LogP contribution in [0.5, 0.6) is 0 Å². The summed E-state index contributed by atoms with van der Waals surface area (Å²) in [5.41, 5.74) is 5.34. The third-order valence-electron chi connectivity index (χ3n) is 5.99. The first-order valence-electron chi connectivity index (χ1n) is 12.5. The van der Waals surface area contributed by atoms with Crippen LogP contribution < -0.4 is 13.3 Å². The molecule has 0 N–H and O–H groups in total. The molecule has 0 fully saturated rings. The Labute approximate surface area is 259 Å². The van der Waals surface area contributed by atoms with E-state index in [-0.39, 0.29) is 14.9 Å². The monoisotopic (exact) mass is 847 g/mol. The van der Waals surface area contributed by atoms with Crippen molar-refractivity contribution < 1.29 is 13.3 Å². The minimum absolute atomic E-state index is 0. The molecule has 0 saturated carbocycles. The van der Waals surface area contributed by atoms with E-state index in [1.807, 2.05) is 0 Å². The number of nitrogens with zero attached hydrogens (tertiary/aromatic N) is 2. The Hall–Kier alpha value is -1.33. The van der Waals surface area contributed by atoms with Crippen molar-refractivity contribution in [2.45, 2.75) is 62.1 Å². The second-order valence-electron chi connectivity index (χ2n) is 8.32. The average molecular weight is 847 g/mol. The number of benzene rings is 4. The van der Waals surface area contributed by atoms with Gasteiger partial charge in [0.1, 0.15) is 0 Å². The topological polar surface area (TPSA) is 9.86 Å². The van der Waals surface area contributed by atoms with Crippen molar-refractivity contribution in [2.24, 2.45) is 0 Å². The molecule has 2 heterocycles. The summed E-state index contributed by atoms with van der Waals surface area (Å²) in [7, 11) is 0. The van der Waals surface area contributed by atoms with Crippen LogP contribution in [0, 0.1) is 0 Å². The summed E-state index contributed by atoms with van der Waals surface area (Å²) in [6.07, 6.45) is 1.25. The number of hydrogen-bond acceptors (Lipinski definition) is 0. The van der Waals surface area contributed by atoms with E-state index in [4.69, 9.17) is 0 Å². The second kappa shape index (κ2) is 18.1. The normalized spacial score (nSPS) is 9.95. The molecule has 0 aliphatic heterocycles. The fourth-order valence-electron chi connectivity index (χ4n) is 4.69. The zero-order chi connectivity index (χ0) is 25.9. The molecule has 6 aromatic rings. The second-order valence-corrected chi connectivity index (χ2v) is 24.6. The molecule has 0 aliphatic rings. The van der Waals surface area contributed by atoms with Gasteiger partial charge in [-0.05, 0) is 38.1 Å². The predicted molar refractivity (Wildman–Crippen MR) is 188 cm³/mol. The van der Waals surface area contributed by atoms with Crippen LogP contribution in [-0.4, -0.2) is 9.13 Å². The third-order valence-corrected chi connectivity index (χ3v) is 5.99. The predicted octanol–water partition coefficient (Wildman–Crippen LogP) is 9.09. The molecular formula is C33H42I3N2-. The van der Waals surface area contributed by atoms with Gasteiger partial charge in [0.05, 0.1) is 0 Å². The summed E-state index contributed by atoms with van der Waals surface area (Å²) in [5.74, 6) is 0. The molecule has 0 spiro atoms. The quantitative estimate of drug-likeness (QED) is 0.154. The van der Waals surface area contributed by atoms with E-state index in [0.29, 0.717) is 13.3 Å². The van der Waals surface area contributed by atoms with Gasteiger partial charge in [0.25, 0.3) is 0 Å². The number of aryl methyl sites for hydroxylation is 2. The number of para-hydroxylation sites is 4. The molecule has 2 nitrogen and oxygen atoms in total. The van der Waals surface area contributed by atoms with Crippen LogP contribution in [0.1, 0.15) is 49.0 Å². The van der Waals surface area contributed by atoms with Crippen LogP contribution in [0.25, 0.3) is 43.6 Å². The molecule has 5 heteroatoms. The Balaban J connectivity index is 0.000000303. The molecule has 0 bridgehead atoms. The van der Waals surface area contributed by atoms with Gasteiger partial charge in [-0.15, -0.1) is 0 Å². The number of hydrogen-bond donors (Lipinski definition) is 0. The summed E-state index contributed by atoms with van der Waals surface area (Å²) in [5, 5.41) is 5.43. The molecule has 2 aromatic heterocycles. The van der Waals surface area contributed by atoms with Crippen molar-refractivity contribution in [3.63, 3.8) is 0 Å². The van der Waals surface area contributed by atoms with Crippen molar-refractivity contribution >= 4 is 80.8 Å². The summed E-state index contributed by atoms with van der Waals surface area (Å²) in [4.78, 5) is 0. The van der Waals surface area contributed by atoms with Crippen molar-refractivity contribution in [1.82, 2.24) is 9.13 Å². The van der Waals surface area contributed by atoms with E-state index in [0.717, 1.165) is 13.1 Å². The van der Waals surface area contributed by atoms with E-state index >= 15 is 0 Å². The van der Waals surface area contributed by atoms with Crippen LogP contribution in [0.3, 0.4) is 0 Å². The number of halogens is 3. The first kappa shape index (κ1) is 34.7. The van der Waals surface area contributed by atoms with Gasteiger partial charge in [0.2, 0.25) is 0 Å². The first-order chi connectivity index (χ1) is 17.7. The molecule has 0 unspecified atom stereocenters. The van der Waals surface area contributed by atoms with E-state index in [1.165, 1.54) is 50.0 Å². The SMILES string of the molecule is C.C.CCC.CCn1c2ccccc2c2ccccc21.CCn1c2ccccc2c2ccccc21.I[I-]I. The zero-order valence-electron chi connectivity index (χ0n) is 21.4. The van der Waals surface area contributed by atoms with Crippen LogP contribution >= 0.6 is 37.2 Å². The Morgan fingerprint density at radius 3 is 0.842 bits per heavy atom. The molecule has 38 heavy (non-hydrogen) atoms. The van der Waals surface area contributed by atoms with Gasteiger partial charge in [-0.2, -0.15) is 0 Å². The maximum absolute atomic E-state index is 2.39. The van der Waals surface area contributed by atoms with Gasteiger partial charge in [-0.25, -0.2) is 0 Å². The van der Waals surface area contributed by atoms with Crippen LogP contribution in [0.4, 0.5) is 0 Å². The van der Waals surface area contributed by atoms with Crippen LogP contribution in [-0.2, 0) is 13.1 Å². The van der Waals surface area contributed by atoms with Gasteiger partial charge in [-0.1, -0.05) is 108 Å². The van der Waals surface area contributed by atoms with Gasteiger partial charge >= 0.3 is 50.5 Å². The molecule has 0 atom stereocenters.